The van der Waals surface area contributed by atoms with Gasteiger partial charge in [0.15, 0.2) is 0 Å². The maximum atomic E-state index is 13.1. The monoisotopic (exact) mass is 363 g/mol. The number of piperazine rings is 1. The van der Waals surface area contributed by atoms with E-state index >= 15 is 0 Å². The molecule has 144 valence electrons. The summed E-state index contributed by atoms with van der Waals surface area (Å²) < 4.78 is 10.6. The average Bonchev–Trinajstić information content (AvgIpc) is 2.58. The smallest absolute Gasteiger partial charge is 0.408 e. The van der Waals surface area contributed by atoms with Crippen molar-refractivity contribution in [2.45, 2.75) is 32.4 Å². The van der Waals surface area contributed by atoms with Crippen molar-refractivity contribution in [1.29, 1.82) is 0 Å². The van der Waals surface area contributed by atoms with Crippen LogP contribution in [0.5, 0.6) is 5.75 Å². The van der Waals surface area contributed by atoms with Gasteiger partial charge < -0.3 is 24.6 Å². The number of rotatable bonds is 4. The van der Waals surface area contributed by atoms with Crippen LogP contribution in [-0.4, -0.2) is 67.7 Å². The Hall–Kier alpha value is -2.28. The molecule has 1 atom stereocenters. The van der Waals surface area contributed by atoms with Crippen molar-refractivity contribution in [2.75, 3.05) is 40.3 Å². The Bertz CT molecular complexity index is 634. The Kier molecular flexibility index (Phi) is 6.47. The zero-order valence-electron chi connectivity index (χ0n) is 16.2. The van der Waals surface area contributed by atoms with Crippen molar-refractivity contribution < 1.29 is 19.1 Å². The number of nitrogens with zero attached hydrogens (tertiary/aromatic N) is 2. The highest BCUT2D eigenvalue weighted by molar-refractivity contribution is 5.87. The molecule has 2 amide bonds. The third-order valence-corrected chi connectivity index (χ3v) is 4.15. The molecule has 1 aliphatic rings. The minimum Gasteiger partial charge on any atom is -0.497 e. The fourth-order valence-corrected chi connectivity index (χ4v) is 2.74. The van der Waals surface area contributed by atoms with Gasteiger partial charge in [0.25, 0.3) is 0 Å². The number of amides is 2. The fraction of sp³-hybridized carbons (Fsp3) is 0.579. The van der Waals surface area contributed by atoms with Crippen molar-refractivity contribution in [3.63, 3.8) is 0 Å². The van der Waals surface area contributed by atoms with Gasteiger partial charge in [-0.15, -0.1) is 0 Å². The van der Waals surface area contributed by atoms with E-state index in [1.54, 1.807) is 57.0 Å². The summed E-state index contributed by atoms with van der Waals surface area (Å²) in [5.74, 6) is 0.488. The van der Waals surface area contributed by atoms with E-state index in [2.05, 4.69) is 10.2 Å². The predicted octanol–water partition coefficient (Wildman–Crippen LogP) is 2.03. The van der Waals surface area contributed by atoms with E-state index in [1.807, 2.05) is 7.05 Å². The lowest BCUT2D eigenvalue weighted by Crippen LogP contribution is -2.51. The Morgan fingerprint density at radius 1 is 1.15 bits per heavy atom. The number of hydrogen-bond acceptors (Lipinski definition) is 5. The van der Waals surface area contributed by atoms with E-state index in [0.29, 0.717) is 24.4 Å². The largest absolute Gasteiger partial charge is 0.497 e. The van der Waals surface area contributed by atoms with Crippen LogP contribution in [0.4, 0.5) is 4.79 Å². The quantitative estimate of drug-likeness (QED) is 0.886. The second-order valence-electron chi connectivity index (χ2n) is 7.48. The number of alkyl carbamates (subject to hydrolysis) is 1. The van der Waals surface area contributed by atoms with Crippen LogP contribution in [0.3, 0.4) is 0 Å². The highest BCUT2D eigenvalue weighted by atomic mass is 16.6. The van der Waals surface area contributed by atoms with Crippen LogP contribution in [0.15, 0.2) is 24.3 Å². The molecule has 2 rings (SSSR count). The number of likely N-dealkylation sites (N-methyl/N-ethyl adjacent to an activating group) is 1. The Morgan fingerprint density at radius 2 is 1.81 bits per heavy atom. The number of hydrogen-bond donors (Lipinski definition) is 1. The Labute approximate surface area is 155 Å². The lowest BCUT2D eigenvalue weighted by molar-refractivity contribution is -0.135. The summed E-state index contributed by atoms with van der Waals surface area (Å²) in [5, 5.41) is 2.73. The van der Waals surface area contributed by atoms with Crippen LogP contribution < -0.4 is 10.1 Å². The molecular weight excluding hydrogens is 334 g/mol. The molecule has 7 nitrogen and oxygen atoms in total. The number of methoxy groups -OCH3 is 1. The molecule has 0 radical (unpaired) electrons. The third kappa shape index (κ3) is 5.62. The van der Waals surface area contributed by atoms with Gasteiger partial charge in [-0.25, -0.2) is 4.79 Å². The number of ether oxygens (including phenoxy) is 2. The second kappa shape index (κ2) is 8.40. The van der Waals surface area contributed by atoms with Gasteiger partial charge in [-0.3, -0.25) is 4.79 Å². The number of carbonyl (C=O) groups is 2. The molecule has 0 spiro atoms. The van der Waals surface area contributed by atoms with Crippen LogP contribution in [0.25, 0.3) is 0 Å². The van der Waals surface area contributed by atoms with Crippen LogP contribution >= 0.6 is 0 Å². The van der Waals surface area contributed by atoms with Gasteiger partial charge in [-0.2, -0.15) is 0 Å². The lowest BCUT2D eigenvalue weighted by Gasteiger charge is -2.35. The molecule has 1 fully saturated rings. The molecular formula is C19H29N3O4. The Balaban J connectivity index is 2.22. The second-order valence-corrected chi connectivity index (χ2v) is 7.48. The molecule has 1 saturated heterocycles. The molecule has 1 aromatic rings. The summed E-state index contributed by atoms with van der Waals surface area (Å²) >= 11 is 0. The van der Waals surface area contributed by atoms with E-state index in [0.717, 1.165) is 13.1 Å². The summed E-state index contributed by atoms with van der Waals surface area (Å²) in [6.07, 6.45) is -0.618. The van der Waals surface area contributed by atoms with Gasteiger partial charge in [-0.1, -0.05) is 12.1 Å². The maximum absolute atomic E-state index is 13.1. The highest BCUT2D eigenvalue weighted by Gasteiger charge is 2.31. The summed E-state index contributed by atoms with van der Waals surface area (Å²) in [5.41, 5.74) is 0.0269. The van der Waals surface area contributed by atoms with Gasteiger partial charge in [-0.05, 0) is 45.5 Å². The molecule has 0 aromatic heterocycles. The van der Waals surface area contributed by atoms with Gasteiger partial charge in [0.05, 0.1) is 7.11 Å². The third-order valence-electron chi connectivity index (χ3n) is 4.15. The first kappa shape index (κ1) is 20.0. The van der Waals surface area contributed by atoms with Crippen molar-refractivity contribution in [3.05, 3.63) is 29.8 Å². The van der Waals surface area contributed by atoms with E-state index in [4.69, 9.17) is 9.47 Å². The summed E-state index contributed by atoms with van der Waals surface area (Å²) in [6, 6.07) is 6.35. The van der Waals surface area contributed by atoms with Gasteiger partial charge in [0.2, 0.25) is 5.91 Å². The summed E-state index contributed by atoms with van der Waals surface area (Å²) in [6.45, 7) is 8.24. The van der Waals surface area contributed by atoms with Crippen LogP contribution in [-0.2, 0) is 9.53 Å². The number of nitrogens with one attached hydrogen (secondary N) is 1. The standard InChI is InChI=1S/C19H29N3O4/c1-19(2,3)26-18(24)20-16(14-7-6-8-15(13-14)25-5)17(23)22-11-9-21(4)10-12-22/h6-8,13,16H,9-12H2,1-5H3,(H,20,24). The van der Waals surface area contributed by atoms with E-state index in [9.17, 15) is 9.59 Å². The molecule has 1 N–H and O–H groups in total. The van der Waals surface area contributed by atoms with Crippen LogP contribution in [0.2, 0.25) is 0 Å². The molecule has 0 bridgehead atoms. The fourth-order valence-electron chi connectivity index (χ4n) is 2.74. The highest BCUT2D eigenvalue weighted by Crippen LogP contribution is 2.22. The van der Waals surface area contributed by atoms with E-state index in [-0.39, 0.29) is 5.91 Å². The molecule has 0 aliphatic carbocycles. The maximum Gasteiger partial charge on any atom is 0.408 e. The number of benzene rings is 1. The van der Waals surface area contributed by atoms with Crippen LogP contribution in [0, 0.1) is 0 Å². The summed E-state index contributed by atoms with van der Waals surface area (Å²) in [7, 11) is 3.60. The van der Waals surface area contributed by atoms with E-state index < -0.39 is 17.7 Å². The van der Waals surface area contributed by atoms with Crippen molar-refractivity contribution in [2.24, 2.45) is 0 Å². The van der Waals surface area contributed by atoms with Gasteiger partial charge in [0, 0.05) is 26.2 Å². The zero-order valence-corrected chi connectivity index (χ0v) is 16.2. The van der Waals surface area contributed by atoms with Crippen molar-refractivity contribution in [1.82, 2.24) is 15.1 Å². The van der Waals surface area contributed by atoms with Crippen molar-refractivity contribution in [3.8, 4) is 5.75 Å². The lowest BCUT2D eigenvalue weighted by atomic mass is 10.0. The molecule has 0 saturated carbocycles. The van der Waals surface area contributed by atoms with Crippen LogP contribution in [0.1, 0.15) is 32.4 Å². The topological polar surface area (TPSA) is 71.1 Å². The Morgan fingerprint density at radius 3 is 2.38 bits per heavy atom. The minimum atomic E-state index is -0.816. The van der Waals surface area contributed by atoms with Gasteiger partial charge in [0.1, 0.15) is 17.4 Å². The minimum absolute atomic E-state index is 0.141. The molecule has 1 heterocycles. The first-order valence-corrected chi connectivity index (χ1v) is 8.80. The first-order chi connectivity index (χ1) is 12.2. The molecule has 1 aliphatic heterocycles. The van der Waals surface area contributed by atoms with E-state index in [1.165, 1.54) is 0 Å². The molecule has 7 heteroatoms. The zero-order chi connectivity index (χ0) is 19.3. The average molecular weight is 363 g/mol. The van der Waals surface area contributed by atoms with Gasteiger partial charge >= 0.3 is 6.09 Å². The predicted molar refractivity (Wildman–Crippen MR) is 99.2 cm³/mol. The van der Waals surface area contributed by atoms with Crippen molar-refractivity contribution >= 4 is 12.0 Å². The molecule has 1 aromatic carbocycles. The molecule has 26 heavy (non-hydrogen) atoms. The summed E-state index contributed by atoms with van der Waals surface area (Å²) in [4.78, 5) is 29.3. The normalized spacial score (nSPS) is 16.7. The number of carbonyl (C=O) groups excluding carboxylic acids is 2. The molecule has 1 unspecified atom stereocenters. The first-order valence-electron chi connectivity index (χ1n) is 8.80. The SMILES string of the molecule is COc1cccc(C(NC(=O)OC(C)(C)C)C(=O)N2CCN(C)CC2)c1.